The van der Waals surface area contributed by atoms with Crippen molar-refractivity contribution in [1.82, 2.24) is 4.98 Å². The number of nitrogens with zero attached hydrogens (tertiary/aromatic N) is 2. The lowest BCUT2D eigenvalue weighted by Gasteiger charge is -2.17. The Morgan fingerprint density at radius 2 is 1.73 bits per heavy atom. The molecule has 0 bridgehead atoms. The van der Waals surface area contributed by atoms with E-state index in [-0.39, 0.29) is 12.5 Å². The van der Waals surface area contributed by atoms with Gasteiger partial charge in [-0.05, 0) is 42.3 Å². The highest BCUT2D eigenvalue weighted by molar-refractivity contribution is 6.00. The molecule has 0 fully saturated rings. The Morgan fingerprint density at radius 1 is 0.967 bits per heavy atom. The second kappa shape index (κ2) is 7.48. The van der Waals surface area contributed by atoms with E-state index >= 15 is 0 Å². The van der Waals surface area contributed by atoms with E-state index in [1.807, 2.05) is 48.5 Å². The van der Waals surface area contributed by atoms with Crippen LogP contribution in [0.1, 0.15) is 15.9 Å². The molecule has 0 radical (unpaired) electrons. The maximum Gasteiger partial charge on any atom is 0.339 e. The zero-order valence-electron chi connectivity index (χ0n) is 16.1. The fourth-order valence-electron chi connectivity index (χ4n) is 3.72. The number of fused-ring (bicyclic) bond motifs is 2. The molecule has 6 nitrogen and oxygen atoms in total. The molecule has 2 heterocycles. The average molecular weight is 398 g/mol. The fourth-order valence-corrected chi connectivity index (χ4v) is 3.72. The van der Waals surface area contributed by atoms with Crippen molar-refractivity contribution in [2.45, 2.75) is 6.42 Å². The van der Waals surface area contributed by atoms with E-state index in [9.17, 15) is 9.59 Å². The molecular formula is C24H18N2O4. The summed E-state index contributed by atoms with van der Waals surface area (Å²) < 4.78 is 11.2. The molecule has 5 rings (SSSR count). The van der Waals surface area contributed by atoms with Crippen LogP contribution in [0.4, 0.5) is 5.69 Å². The first-order valence-electron chi connectivity index (χ1n) is 9.71. The standard InChI is InChI=1S/C24H18N2O4/c27-22(26-14-13-16-7-1-5-11-20(16)26)15-29-24(28)18-9-3-2-8-17(18)23-25-19-10-4-6-12-21(19)30-23/h1-12H,13-15H2. The minimum Gasteiger partial charge on any atom is -0.452 e. The molecule has 1 aromatic heterocycles. The lowest BCUT2D eigenvalue weighted by atomic mass is 10.1. The lowest BCUT2D eigenvalue weighted by Crippen LogP contribution is -2.33. The van der Waals surface area contributed by atoms with Gasteiger partial charge in [-0.3, -0.25) is 4.79 Å². The topological polar surface area (TPSA) is 72.6 Å². The summed E-state index contributed by atoms with van der Waals surface area (Å²) in [5, 5.41) is 0. The molecule has 1 amide bonds. The van der Waals surface area contributed by atoms with E-state index in [0.717, 1.165) is 17.7 Å². The minimum atomic E-state index is -0.589. The van der Waals surface area contributed by atoms with E-state index < -0.39 is 5.97 Å². The van der Waals surface area contributed by atoms with E-state index in [4.69, 9.17) is 9.15 Å². The second-order valence-corrected chi connectivity index (χ2v) is 7.03. The third-order valence-electron chi connectivity index (χ3n) is 5.19. The molecule has 0 atom stereocenters. The molecule has 1 aliphatic heterocycles. The zero-order chi connectivity index (χ0) is 20.5. The summed E-state index contributed by atoms with van der Waals surface area (Å²) in [6.07, 6.45) is 0.802. The van der Waals surface area contributed by atoms with Crippen molar-refractivity contribution in [2.75, 3.05) is 18.1 Å². The van der Waals surface area contributed by atoms with Gasteiger partial charge in [0, 0.05) is 12.2 Å². The van der Waals surface area contributed by atoms with Crippen LogP contribution < -0.4 is 4.90 Å². The van der Waals surface area contributed by atoms with Crippen LogP contribution in [0, 0.1) is 0 Å². The van der Waals surface area contributed by atoms with Crippen LogP contribution in [0.5, 0.6) is 0 Å². The molecule has 3 aromatic carbocycles. The summed E-state index contributed by atoms with van der Waals surface area (Å²) in [5.74, 6) is -0.495. The molecule has 1 aliphatic rings. The quantitative estimate of drug-likeness (QED) is 0.481. The van der Waals surface area contributed by atoms with Crippen molar-refractivity contribution >= 4 is 28.7 Å². The number of amides is 1. The number of oxazole rings is 1. The third-order valence-corrected chi connectivity index (χ3v) is 5.19. The number of hydrogen-bond donors (Lipinski definition) is 0. The monoisotopic (exact) mass is 398 g/mol. The van der Waals surface area contributed by atoms with Crippen LogP contribution in [0.2, 0.25) is 0 Å². The van der Waals surface area contributed by atoms with Crippen molar-refractivity contribution in [3.63, 3.8) is 0 Å². The summed E-state index contributed by atoms with van der Waals surface area (Å²) >= 11 is 0. The third kappa shape index (κ3) is 3.22. The zero-order valence-corrected chi connectivity index (χ0v) is 16.1. The Labute approximate surface area is 172 Å². The van der Waals surface area contributed by atoms with Gasteiger partial charge in [0.05, 0.1) is 11.1 Å². The highest BCUT2D eigenvalue weighted by atomic mass is 16.5. The van der Waals surface area contributed by atoms with Gasteiger partial charge in [-0.25, -0.2) is 9.78 Å². The summed E-state index contributed by atoms with van der Waals surface area (Å²) in [5.41, 5.74) is 4.18. The van der Waals surface area contributed by atoms with E-state index in [2.05, 4.69) is 4.98 Å². The minimum absolute atomic E-state index is 0.243. The molecule has 4 aromatic rings. The first-order chi connectivity index (χ1) is 14.7. The molecule has 0 spiro atoms. The molecule has 0 saturated carbocycles. The van der Waals surface area contributed by atoms with Crippen molar-refractivity contribution < 1.29 is 18.7 Å². The van der Waals surface area contributed by atoms with Gasteiger partial charge in [-0.15, -0.1) is 0 Å². The molecule has 0 saturated heterocycles. The van der Waals surface area contributed by atoms with Crippen molar-refractivity contribution in [1.29, 1.82) is 0 Å². The Morgan fingerprint density at radius 3 is 2.63 bits per heavy atom. The van der Waals surface area contributed by atoms with Crippen LogP contribution in [0.15, 0.2) is 77.2 Å². The maximum absolute atomic E-state index is 12.8. The molecule has 0 N–H and O–H groups in total. The Hall–Kier alpha value is -3.93. The summed E-state index contributed by atoms with van der Waals surface area (Å²) in [4.78, 5) is 31.5. The van der Waals surface area contributed by atoms with Crippen LogP contribution in [0.3, 0.4) is 0 Å². The van der Waals surface area contributed by atoms with E-state index in [1.54, 1.807) is 29.2 Å². The number of carbonyl (C=O) groups is 2. The van der Waals surface area contributed by atoms with Gasteiger partial charge in [0.25, 0.3) is 5.91 Å². The molecule has 0 unspecified atom stereocenters. The largest absolute Gasteiger partial charge is 0.452 e. The SMILES string of the molecule is O=C(OCC(=O)N1CCc2ccccc21)c1ccccc1-c1nc2ccccc2o1. The maximum atomic E-state index is 12.8. The van der Waals surface area contributed by atoms with Crippen molar-refractivity contribution in [2.24, 2.45) is 0 Å². The summed E-state index contributed by atoms with van der Waals surface area (Å²) in [7, 11) is 0. The molecule has 0 aliphatic carbocycles. The predicted molar refractivity (Wildman–Crippen MR) is 112 cm³/mol. The van der Waals surface area contributed by atoms with Gasteiger partial charge >= 0.3 is 5.97 Å². The number of benzene rings is 3. The number of rotatable bonds is 4. The Bertz CT molecular complexity index is 1230. The van der Waals surface area contributed by atoms with Gasteiger partial charge in [0.2, 0.25) is 5.89 Å². The number of hydrogen-bond acceptors (Lipinski definition) is 5. The fraction of sp³-hybridized carbons (Fsp3) is 0.125. The van der Waals surface area contributed by atoms with Gasteiger partial charge in [0.15, 0.2) is 12.2 Å². The van der Waals surface area contributed by atoms with Gasteiger partial charge in [-0.2, -0.15) is 0 Å². The highest BCUT2D eigenvalue weighted by Gasteiger charge is 2.26. The van der Waals surface area contributed by atoms with Crippen molar-refractivity contribution in [3.05, 3.63) is 83.9 Å². The molecule has 6 heteroatoms. The Balaban J connectivity index is 1.34. The van der Waals surface area contributed by atoms with Crippen LogP contribution in [0.25, 0.3) is 22.6 Å². The summed E-state index contributed by atoms with van der Waals surface area (Å²) in [6.45, 7) is 0.268. The van der Waals surface area contributed by atoms with E-state index in [0.29, 0.717) is 34.7 Å². The molecular weight excluding hydrogens is 380 g/mol. The number of esters is 1. The van der Waals surface area contributed by atoms with Crippen LogP contribution >= 0.6 is 0 Å². The first-order valence-corrected chi connectivity index (χ1v) is 9.71. The number of carbonyl (C=O) groups excluding carboxylic acids is 2. The summed E-state index contributed by atoms with van der Waals surface area (Å²) in [6, 6.07) is 22.1. The van der Waals surface area contributed by atoms with Crippen LogP contribution in [-0.2, 0) is 16.0 Å². The second-order valence-electron chi connectivity index (χ2n) is 7.03. The number of anilines is 1. The van der Waals surface area contributed by atoms with Gasteiger partial charge in [0.1, 0.15) is 5.52 Å². The normalized spacial score (nSPS) is 12.7. The van der Waals surface area contributed by atoms with Crippen LogP contribution in [-0.4, -0.2) is 30.0 Å². The smallest absolute Gasteiger partial charge is 0.339 e. The number of ether oxygens (including phenoxy) is 1. The van der Waals surface area contributed by atoms with Gasteiger partial charge in [-0.1, -0.05) is 42.5 Å². The van der Waals surface area contributed by atoms with E-state index in [1.165, 1.54) is 0 Å². The Kier molecular flexibility index (Phi) is 4.52. The molecule has 148 valence electrons. The predicted octanol–water partition coefficient (Wildman–Crippen LogP) is 4.24. The lowest BCUT2D eigenvalue weighted by molar-refractivity contribution is -0.121. The first kappa shape index (κ1) is 18.1. The number of aromatic nitrogens is 1. The highest BCUT2D eigenvalue weighted by Crippen LogP contribution is 2.29. The van der Waals surface area contributed by atoms with Crippen molar-refractivity contribution in [3.8, 4) is 11.5 Å². The number of para-hydroxylation sites is 3. The average Bonchev–Trinajstić information content (AvgIpc) is 3.41. The molecule has 30 heavy (non-hydrogen) atoms. The van der Waals surface area contributed by atoms with Gasteiger partial charge < -0.3 is 14.1 Å².